The Morgan fingerprint density at radius 2 is 1.83 bits per heavy atom. The molecule has 1 aromatic heterocycles. The summed E-state index contributed by atoms with van der Waals surface area (Å²) in [6.07, 6.45) is 1.88. The molecule has 0 amide bonds. The molecule has 3 nitrogen and oxygen atoms in total. The third-order valence-corrected chi connectivity index (χ3v) is 2.93. The lowest BCUT2D eigenvalue weighted by molar-refractivity contribution is 0.780. The van der Waals surface area contributed by atoms with Crippen molar-refractivity contribution in [3.05, 3.63) is 54.4 Å². The maximum atomic E-state index is 5.81. The number of hydrogen-bond acceptors (Lipinski definition) is 3. The fourth-order valence-electron chi connectivity index (χ4n) is 1.95. The molecule has 2 aromatic rings. The second kappa shape index (κ2) is 5.65. The molecule has 0 aliphatic heterocycles. The summed E-state index contributed by atoms with van der Waals surface area (Å²) >= 11 is 0. The Morgan fingerprint density at radius 1 is 1.11 bits per heavy atom. The van der Waals surface area contributed by atoms with Crippen molar-refractivity contribution in [1.82, 2.24) is 4.98 Å². The fraction of sp³-hybridized carbons (Fsp3) is 0.267. The van der Waals surface area contributed by atoms with Gasteiger partial charge in [-0.3, -0.25) is 4.98 Å². The van der Waals surface area contributed by atoms with E-state index in [2.05, 4.69) is 35.0 Å². The van der Waals surface area contributed by atoms with Crippen LogP contribution in [0.15, 0.2) is 48.7 Å². The molecule has 0 fully saturated rings. The number of nitrogens with two attached hydrogens (primary N) is 1. The van der Waals surface area contributed by atoms with Crippen molar-refractivity contribution in [2.75, 3.05) is 11.4 Å². The Bertz CT molecular complexity index is 477. The highest BCUT2D eigenvalue weighted by atomic mass is 15.1. The van der Waals surface area contributed by atoms with Crippen LogP contribution < -0.4 is 10.6 Å². The summed E-state index contributed by atoms with van der Waals surface area (Å²) in [5.74, 6) is 0. The zero-order valence-electron chi connectivity index (χ0n) is 10.9. The number of nitrogens with zero attached hydrogens (tertiary/aromatic N) is 2. The Balaban J connectivity index is 2.28. The molecule has 0 saturated heterocycles. The second-order valence-corrected chi connectivity index (χ2v) is 4.31. The van der Waals surface area contributed by atoms with Gasteiger partial charge < -0.3 is 10.6 Å². The molecule has 94 valence electrons. The Hall–Kier alpha value is -1.87. The number of pyridine rings is 1. The number of para-hydroxylation sites is 1. The van der Waals surface area contributed by atoms with Gasteiger partial charge in [0.15, 0.2) is 0 Å². The van der Waals surface area contributed by atoms with Crippen LogP contribution in [0.2, 0.25) is 0 Å². The third kappa shape index (κ3) is 2.68. The van der Waals surface area contributed by atoms with Crippen molar-refractivity contribution in [2.24, 2.45) is 5.73 Å². The summed E-state index contributed by atoms with van der Waals surface area (Å²) in [6.45, 7) is 4.98. The van der Waals surface area contributed by atoms with Crippen molar-refractivity contribution in [3.8, 4) is 0 Å². The van der Waals surface area contributed by atoms with Crippen molar-refractivity contribution in [3.63, 3.8) is 0 Å². The van der Waals surface area contributed by atoms with E-state index in [1.165, 1.54) is 5.69 Å². The maximum Gasteiger partial charge on any atom is 0.0597 e. The molecule has 0 spiro atoms. The molecule has 0 aliphatic carbocycles. The van der Waals surface area contributed by atoms with Gasteiger partial charge in [0.05, 0.1) is 17.6 Å². The predicted molar refractivity (Wildman–Crippen MR) is 76.0 cm³/mol. The minimum absolute atomic E-state index is 0.0224. The highest BCUT2D eigenvalue weighted by Crippen LogP contribution is 2.24. The number of rotatable bonds is 4. The smallest absolute Gasteiger partial charge is 0.0597 e. The van der Waals surface area contributed by atoms with E-state index in [9.17, 15) is 0 Å². The van der Waals surface area contributed by atoms with Crippen molar-refractivity contribution < 1.29 is 0 Å². The normalized spacial score (nSPS) is 12.2. The number of benzene rings is 1. The molecule has 2 N–H and O–H groups in total. The van der Waals surface area contributed by atoms with E-state index in [-0.39, 0.29) is 6.04 Å². The van der Waals surface area contributed by atoms with Gasteiger partial charge in [0.1, 0.15) is 0 Å². The topological polar surface area (TPSA) is 42.1 Å². The first-order valence-electron chi connectivity index (χ1n) is 6.26. The highest BCUT2D eigenvalue weighted by molar-refractivity contribution is 5.62. The average Bonchev–Trinajstić information content (AvgIpc) is 2.41. The predicted octanol–water partition coefficient (Wildman–Crippen LogP) is 3.26. The van der Waals surface area contributed by atoms with Gasteiger partial charge in [0.2, 0.25) is 0 Å². The summed E-state index contributed by atoms with van der Waals surface area (Å²) < 4.78 is 0. The quantitative estimate of drug-likeness (QED) is 0.893. The Labute approximate surface area is 108 Å². The zero-order valence-corrected chi connectivity index (χ0v) is 10.9. The van der Waals surface area contributed by atoms with Gasteiger partial charge >= 0.3 is 0 Å². The molecule has 3 heteroatoms. The van der Waals surface area contributed by atoms with E-state index in [0.717, 1.165) is 17.9 Å². The van der Waals surface area contributed by atoms with E-state index in [4.69, 9.17) is 5.73 Å². The third-order valence-electron chi connectivity index (χ3n) is 2.93. The largest absolute Gasteiger partial charge is 0.341 e. The minimum Gasteiger partial charge on any atom is -0.341 e. The van der Waals surface area contributed by atoms with E-state index in [1.807, 2.05) is 37.4 Å². The molecule has 0 bridgehead atoms. The summed E-state index contributed by atoms with van der Waals surface area (Å²) in [6, 6.07) is 14.4. The lowest BCUT2D eigenvalue weighted by Crippen LogP contribution is -2.16. The standard InChI is InChI=1S/C15H19N3/c1-3-18(13-7-5-4-6-8-13)14-9-10-15(12(2)16)17-11-14/h4-12H,3,16H2,1-2H3. The first kappa shape index (κ1) is 12.6. The summed E-state index contributed by atoms with van der Waals surface area (Å²) in [5.41, 5.74) is 8.99. The molecule has 1 unspecified atom stereocenters. The Kier molecular flexibility index (Phi) is 3.95. The minimum atomic E-state index is -0.0224. The molecule has 1 atom stereocenters. The number of aromatic nitrogens is 1. The van der Waals surface area contributed by atoms with Crippen LogP contribution in [0, 0.1) is 0 Å². The van der Waals surface area contributed by atoms with Gasteiger partial charge in [-0.25, -0.2) is 0 Å². The van der Waals surface area contributed by atoms with Crippen molar-refractivity contribution in [2.45, 2.75) is 19.9 Å². The lowest BCUT2D eigenvalue weighted by atomic mass is 10.2. The van der Waals surface area contributed by atoms with E-state index in [0.29, 0.717) is 0 Å². The van der Waals surface area contributed by atoms with E-state index >= 15 is 0 Å². The molecule has 1 aromatic carbocycles. The van der Waals surface area contributed by atoms with Crippen LogP contribution in [0.25, 0.3) is 0 Å². The van der Waals surface area contributed by atoms with Gasteiger partial charge in [-0.15, -0.1) is 0 Å². The monoisotopic (exact) mass is 241 g/mol. The van der Waals surface area contributed by atoms with Crippen LogP contribution in [0.1, 0.15) is 25.6 Å². The molecule has 18 heavy (non-hydrogen) atoms. The van der Waals surface area contributed by atoms with Crippen LogP contribution in [0.4, 0.5) is 11.4 Å². The molecular weight excluding hydrogens is 222 g/mol. The van der Waals surface area contributed by atoms with E-state index in [1.54, 1.807) is 0 Å². The number of hydrogen-bond donors (Lipinski definition) is 1. The SMILES string of the molecule is CCN(c1ccccc1)c1ccc(C(C)N)nc1. The van der Waals surface area contributed by atoms with Gasteiger partial charge in [-0.2, -0.15) is 0 Å². The van der Waals surface area contributed by atoms with Crippen LogP contribution in [0.3, 0.4) is 0 Å². The fourth-order valence-corrected chi connectivity index (χ4v) is 1.95. The molecular formula is C15H19N3. The average molecular weight is 241 g/mol. The summed E-state index contributed by atoms with van der Waals surface area (Å²) in [5, 5.41) is 0. The van der Waals surface area contributed by atoms with Gasteiger partial charge in [0.25, 0.3) is 0 Å². The first-order valence-corrected chi connectivity index (χ1v) is 6.26. The second-order valence-electron chi connectivity index (χ2n) is 4.31. The van der Waals surface area contributed by atoms with Crippen LogP contribution in [0.5, 0.6) is 0 Å². The summed E-state index contributed by atoms with van der Waals surface area (Å²) in [7, 11) is 0. The van der Waals surface area contributed by atoms with E-state index < -0.39 is 0 Å². The number of anilines is 2. The van der Waals surface area contributed by atoms with Crippen molar-refractivity contribution >= 4 is 11.4 Å². The van der Waals surface area contributed by atoms with Crippen LogP contribution >= 0.6 is 0 Å². The van der Waals surface area contributed by atoms with Gasteiger partial charge in [0, 0.05) is 18.3 Å². The zero-order chi connectivity index (χ0) is 13.0. The highest BCUT2D eigenvalue weighted by Gasteiger charge is 2.08. The first-order chi connectivity index (χ1) is 8.72. The lowest BCUT2D eigenvalue weighted by Gasteiger charge is -2.23. The van der Waals surface area contributed by atoms with Crippen LogP contribution in [-0.2, 0) is 0 Å². The molecule has 2 rings (SSSR count). The van der Waals surface area contributed by atoms with Crippen LogP contribution in [-0.4, -0.2) is 11.5 Å². The van der Waals surface area contributed by atoms with Gasteiger partial charge in [-0.1, -0.05) is 18.2 Å². The maximum absolute atomic E-state index is 5.81. The van der Waals surface area contributed by atoms with Crippen molar-refractivity contribution in [1.29, 1.82) is 0 Å². The van der Waals surface area contributed by atoms with Gasteiger partial charge in [-0.05, 0) is 38.1 Å². The molecule has 1 heterocycles. The Morgan fingerprint density at radius 3 is 2.33 bits per heavy atom. The molecule has 0 radical (unpaired) electrons. The summed E-state index contributed by atoms with van der Waals surface area (Å²) in [4.78, 5) is 6.63. The molecule has 0 aliphatic rings. The molecule has 0 saturated carbocycles.